The lowest BCUT2D eigenvalue weighted by atomic mass is 9.86. The zero-order chi connectivity index (χ0) is 22.3. The molecular formula is C25H24N2O4S. The van der Waals surface area contributed by atoms with Crippen LogP contribution in [0, 0.1) is 6.92 Å². The van der Waals surface area contributed by atoms with Crippen LogP contribution in [-0.4, -0.2) is 49.7 Å². The molecule has 0 aromatic heterocycles. The van der Waals surface area contributed by atoms with Crippen LogP contribution in [0.15, 0.2) is 77.7 Å². The van der Waals surface area contributed by atoms with Crippen LogP contribution in [0.5, 0.6) is 11.5 Å². The van der Waals surface area contributed by atoms with E-state index in [4.69, 9.17) is 4.74 Å². The largest absolute Gasteiger partial charge is 0.457 e. The number of sulfonamides is 1. The van der Waals surface area contributed by atoms with Crippen LogP contribution in [0.4, 0.5) is 0 Å². The van der Waals surface area contributed by atoms with Gasteiger partial charge in [-0.15, -0.1) is 0 Å². The molecule has 0 saturated carbocycles. The molecule has 0 unspecified atom stereocenters. The van der Waals surface area contributed by atoms with E-state index < -0.39 is 15.9 Å². The predicted octanol–water partition coefficient (Wildman–Crippen LogP) is 3.77. The maximum atomic E-state index is 13.6. The van der Waals surface area contributed by atoms with Gasteiger partial charge >= 0.3 is 0 Å². The first-order chi connectivity index (χ1) is 15.4. The second-order valence-electron chi connectivity index (χ2n) is 8.15. The summed E-state index contributed by atoms with van der Waals surface area (Å²) in [7, 11) is -3.57. The number of carbonyl (C=O) groups is 1. The molecule has 164 valence electrons. The number of para-hydroxylation sites is 2. The Labute approximate surface area is 188 Å². The van der Waals surface area contributed by atoms with E-state index in [1.54, 1.807) is 29.2 Å². The van der Waals surface area contributed by atoms with Crippen LogP contribution in [0.25, 0.3) is 0 Å². The molecule has 5 rings (SSSR count). The Bertz CT molecular complexity index is 1220. The lowest BCUT2D eigenvalue weighted by Crippen LogP contribution is -2.51. The number of piperazine rings is 1. The van der Waals surface area contributed by atoms with Crippen molar-refractivity contribution in [3.63, 3.8) is 0 Å². The molecule has 32 heavy (non-hydrogen) atoms. The van der Waals surface area contributed by atoms with Gasteiger partial charge in [0.25, 0.3) is 0 Å². The third-order valence-electron chi connectivity index (χ3n) is 6.14. The zero-order valence-electron chi connectivity index (χ0n) is 17.8. The van der Waals surface area contributed by atoms with Gasteiger partial charge in [0.15, 0.2) is 0 Å². The molecule has 0 atom stereocenters. The van der Waals surface area contributed by atoms with Gasteiger partial charge in [-0.3, -0.25) is 4.79 Å². The highest BCUT2D eigenvalue weighted by Crippen LogP contribution is 2.44. The third kappa shape index (κ3) is 3.57. The summed E-state index contributed by atoms with van der Waals surface area (Å²) in [6.07, 6.45) is 0. The van der Waals surface area contributed by atoms with E-state index in [-0.39, 0.29) is 23.9 Å². The summed E-state index contributed by atoms with van der Waals surface area (Å²) in [6.45, 7) is 3.17. The summed E-state index contributed by atoms with van der Waals surface area (Å²) in [5.41, 5.74) is 2.69. The Hall–Kier alpha value is -3.16. The van der Waals surface area contributed by atoms with Crippen molar-refractivity contribution in [3.8, 4) is 11.5 Å². The molecule has 2 aliphatic rings. The zero-order valence-corrected chi connectivity index (χ0v) is 18.6. The highest BCUT2D eigenvalue weighted by atomic mass is 32.2. The number of nitrogens with zero attached hydrogens (tertiary/aromatic N) is 2. The Kier molecular flexibility index (Phi) is 5.23. The van der Waals surface area contributed by atoms with Crippen molar-refractivity contribution in [3.05, 3.63) is 89.5 Å². The molecule has 0 radical (unpaired) electrons. The molecule has 3 aromatic carbocycles. The van der Waals surface area contributed by atoms with Crippen LogP contribution >= 0.6 is 0 Å². The first-order valence-corrected chi connectivity index (χ1v) is 12.1. The number of ether oxygens (including phenoxy) is 1. The van der Waals surface area contributed by atoms with Crippen molar-refractivity contribution in [2.45, 2.75) is 17.7 Å². The van der Waals surface area contributed by atoms with E-state index in [9.17, 15) is 13.2 Å². The molecule has 7 heteroatoms. The van der Waals surface area contributed by atoms with Gasteiger partial charge < -0.3 is 9.64 Å². The highest BCUT2D eigenvalue weighted by Gasteiger charge is 2.37. The molecule has 6 nitrogen and oxygen atoms in total. The van der Waals surface area contributed by atoms with Crippen molar-refractivity contribution in [2.75, 3.05) is 26.2 Å². The lowest BCUT2D eigenvalue weighted by Gasteiger charge is -2.37. The fraction of sp³-hybridized carbons (Fsp3) is 0.240. The SMILES string of the molecule is Cc1ccc(S(=O)(=O)N2CCN(C(=O)C3c4ccccc4Oc4ccccc43)CC2)cc1. The molecule has 0 aliphatic carbocycles. The molecule has 0 N–H and O–H groups in total. The number of hydrogen-bond acceptors (Lipinski definition) is 4. The van der Waals surface area contributed by atoms with Gasteiger partial charge in [0.05, 0.1) is 10.8 Å². The van der Waals surface area contributed by atoms with E-state index >= 15 is 0 Å². The van der Waals surface area contributed by atoms with E-state index in [0.29, 0.717) is 24.6 Å². The number of rotatable bonds is 3. The predicted molar refractivity (Wildman–Crippen MR) is 121 cm³/mol. The maximum absolute atomic E-state index is 13.6. The van der Waals surface area contributed by atoms with Crippen LogP contribution < -0.4 is 4.74 Å². The van der Waals surface area contributed by atoms with E-state index in [1.165, 1.54) is 4.31 Å². The minimum Gasteiger partial charge on any atom is -0.457 e. The first kappa shape index (κ1) is 20.7. The van der Waals surface area contributed by atoms with Crippen molar-refractivity contribution in [1.29, 1.82) is 0 Å². The smallest absolute Gasteiger partial charge is 0.243 e. The van der Waals surface area contributed by atoms with Gasteiger partial charge in [-0.05, 0) is 31.2 Å². The molecular weight excluding hydrogens is 424 g/mol. The molecule has 3 aromatic rings. The van der Waals surface area contributed by atoms with Gasteiger partial charge in [-0.1, -0.05) is 54.1 Å². The molecule has 0 spiro atoms. The highest BCUT2D eigenvalue weighted by molar-refractivity contribution is 7.89. The van der Waals surface area contributed by atoms with Gasteiger partial charge in [0.2, 0.25) is 15.9 Å². The lowest BCUT2D eigenvalue weighted by molar-refractivity contribution is -0.133. The molecule has 1 saturated heterocycles. The first-order valence-electron chi connectivity index (χ1n) is 10.7. The van der Waals surface area contributed by atoms with E-state index in [0.717, 1.165) is 16.7 Å². The third-order valence-corrected chi connectivity index (χ3v) is 8.05. The molecule has 2 aliphatic heterocycles. The molecule has 1 fully saturated rings. The van der Waals surface area contributed by atoms with Crippen LogP contribution in [0.1, 0.15) is 22.6 Å². The number of carbonyl (C=O) groups excluding carboxylic acids is 1. The summed E-state index contributed by atoms with van der Waals surface area (Å²) < 4.78 is 33.5. The number of amides is 1. The minimum atomic E-state index is -3.57. The number of benzene rings is 3. The quantitative estimate of drug-likeness (QED) is 0.612. The average molecular weight is 449 g/mol. The number of fused-ring (bicyclic) bond motifs is 2. The van der Waals surface area contributed by atoms with Gasteiger partial charge in [0.1, 0.15) is 11.5 Å². The Balaban J connectivity index is 1.37. The molecule has 1 amide bonds. The molecule has 0 bridgehead atoms. The number of hydrogen-bond donors (Lipinski definition) is 0. The maximum Gasteiger partial charge on any atom is 0.243 e. The molecule has 2 heterocycles. The van der Waals surface area contributed by atoms with Crippen LogP contribution in [-0.2, 0) is 14.8 Å². The van der Waals surface area contributed by atoms with Crippen LogP contribution in [0.3, 0.4) is 0 Å². The van der Waals surface area contributed by atoms with Crippen LogP contribution in [0.2, 0.25) is 0 Å². The van der Waals surface area contributed by atoms with Crippen molar-refractivity contribution in [2.24, 2.45) is 0 Å². The summed E-state index contributed by atoms with van der Waals surface area (Å²) in [5, 5.41) is 0. The van der Waals surface area contributed by atoms with E-state index in [2.05, 4.69) is 0 Å². The van der Waals surface area contributed by atoms with Gasteiger partial charge in [-0.2, -0.15) is 4.31 Å². The standard InChI is InChI=1S/C25H24N2O4S/c1-18-10-12-19(13-11-18)32(29,30)27-16-14-26(15-17-27)25(28)24-20-6-2-4-8-22(20)31-23-9-5-3-7-21(23)24/h2-13,24H,14-17H2,1H3. The van der Waals surface area contributed by atoms with Crippen molar-refractivity contribution >= 4 is 15.9 Å². The van der Waals surface area contributed by atoms with Gasteiger partial charge in [0, 0.05) is 37.3 Å². The Morgan fingerprint density at radius 3 is 1.91 bits per heavy atom. The fourth-order valence-corrected chi connectivity index (χ4v) is 5.79. The Morgan fingerprint density at radius 2 is 1.34 bits per heavy atom. The monoisotopic (exact) mass is 448 g/mol. The average Bonchev–Trinajstić information content (AvgIpc) is 2.82. The minimum absolute atomic E-state index is 0.0272. The Morgan fingerprint density at radius 1 is 0.812 bits per heavy atom. The van der Waals surface area contributed by atoms with Crippen molar-refractivity contribution in [1.82, 2.24) is 9.21 Å². The summed E-state index contributed by atoms with van der Waals surface area (Å²) >= 11 is 0. The normalized spacial score (nSPS) is 16.7. The fourth-order valence-electron chi connectivity index (χ4n) is 4.37. The summed E-state index contributed by atoms with van der Waals surface area (Å²) in [6, 6.07) is 22.1. The topological polar surface area (TPSA) is 66.9 Å². The summed E-state index contributed by atoms with van der Waals surface area (Å²) in [4.78, 5) is 15.7. The summed E-state index contributed by atoms with van der Waals surface area (Å²) in [5.74, 6) is 0.882. The second kappa shape index (κ2) is 8.07. The van der Waals surface area contributed by atoms with E-state index in [1.807, 2.05) is 55.5 Å². The van der Waals surface area contributed by atoms with Crippen molar-refractivity contribution < 1.29 is 17.9 Å². The number of aryl methyl sites for hydroxylation is 1. The second-order valence-corrected chi connectivity index (χ2v) is 10.1. The van der Waals surface area contributed by atoms with Gasteiger partial charge in [-0.25, -0.2) is 8.42 Å².